The standard InChI is InChI=1S/C19H16N4O4/c1-13-6-8-14(9-7-13)12-22-18(24)11-10-16(21-22)19(25)20-15-4-2-3-5-17(15)23(26)27/h2-11H,12H2,1H3,(H,20,25). The van der Waals surface area contributed by atoms with Crippen LogP contribution in [0.3, 0.4) is 0 Å². The highest BCUT2D eigenvalue weighted by molar-refractivity contribution is 6.03. The second kappa shape index (κ2) is 7.61. The summed E-state index contributed by atoms with van der Waals surface area (Å²) in [6.45, 7) is 2.17. The van der Waals surface area contributed by atoms with Gasteiger partial charge in [-0.1, -0.05) is 42.0 Å². The molecule has 0 bridgehead atoms. The Bertz CT molecular complexity index is 1060. The summed E-state index contributed by atoms with van der Waals surface area (Å²) in [5, 5.41) is 17.6. The second-order valence-electron chi connectivity index (χ2n) is 5.93. The number of carbonyl (C=O) groups excluding carboxylic acids is 1. The molecule has 1 heterocycles. The first-order valence-electron chi connectivity index (χ1n) is 8.12. The highest BCUT2D eigenvalue weighted by atomic mass is 16.6. The number of para-hydroxylation sites is 2. The van der Waals surface area contributed by atoms with Gasteiger partial charge in [0.25, 0.3) is 17.2 Å². The molecule has 0 fully saturated rings. The number of aryl methyl sites for hydroxylation is 1. The molecule has 136 valence electrons. The van der Waals surface area contributed by atoms with Gasteiger partial charge in [0, 0.05) is 12.1 Å². The van der Waals surface area contributed by atoms with Crippen molar-refractivity contribution < 1.29 is 9.72 Å². The third-order valence-corrected chi connectivity index (χ3v) is 3.90. The highest BCUT2D eigenvalue weighted by Gasteiger charge is 2.17. The van der Waals surface area contributed by atoms with Crippen LogP contribution in [0.4, 0.5) is 11.4 Å². The van der Waals surface area contributed by atoms with E-state index in [1.54, 1.807) is 6.07 Å². The first-order chi connectivity index (χ1) is 12.9. The van der Waals surface area contributed by atoms with E-state index in [1.165, 1.54) is 35.0 Å². The SMILES string of the molecule is Cc1ccc(Cn2nc(C(=O)Nc3ccccc3[N+](=O)[O-])ccc2=O)cc1. The maximum absolute atomic E-state index is 12.4. The number of anilines is 1. The van der Waals surface area contributed by atoms with E-state index in [9.17, 15) is 19.7 Å². The van der Waals surface area contributed by atoms with Gasteiger partial charge in [0.15, 0.2) is 0 Å². The number of nitro benzene ring substituents is 1. The van der Waals surface area contributed by atoms with E-state index in [0.717, 1.165) is 11.1 Å². The fraction of sp³-hybridized carbons (Fsp3) is 0.105. The molecule has 8 nitrogen and oxygen atoms in total. The number of nitrogens with zero attached hydrogens (tertiary/aromatic N) is 3. The Morgan fingerprint density at radius 2 is 1.81 bits per heavy atom. The van der Waals surface area contributed by atoms with Crippen molar-refractivity contribution in [2.45, 2.75) is 13.5 Å². The predicted octanol–water partition coefficient (Wildman–Crippen LogP) is 2.76. The summed E-state index contributed by atoms with van der Waals surface area (Å²) in [5.74, 6) is -0.637. The summed E-state index contributed by atoms with van der Waals surface area (Å²) in [5.41, 5.74) is 1.44. The lowest BCUT2D eigenvalue weighted by molar-refractivity contribution is -0.383. The van der Waals surface area contributed by atoms with Gasteiger partial charge in [0.1, 0.15) is 11.4 Å². The molecule has 0 atom stereocenters. The van der Waals surface area contributed by atoms with Crippen LogP contribution in [-0.2, 0) is 6.54 Å². The van der Waals surface area contributed by atoms with Crippen LogP contribution in [0.15, 0.2) is 65.5 Å². The second-order valence-corrected chi connectivity index (χ2v) is 5.93. The van der Waals surface area contributed by atoms with Crippen LogP contribution in [0.2, 0.25) is 0 Å². The van der Waals surface area contributed by atoms with E-state index in [1.807, 2.05) is 31.2 Å². The zero-order valence-corrected chi connectivity index (χ0v) is 14.5. The maximum atomic E-state index is 12.4. The van der Waals surface area contributed by atoms with Gasteiger partial charge >= 0.3 is 0 Å². The molecule has 0 aliphatic rings. The van der Waals surface area contributed by atoms with Crippen molar-refractivity contribution in [2.75, 3.05) is 5.32 Å². The fourth-order valence-corrected chi connectivity index (χ4v) is 2.47. The van der Waals surface area contributed by atoms with Crippen LogP contribution in [0.1, 0.15) is 21.6 Å². The Morgan fingerprint density at radius 1 is 1.11 bits per heavy atom. The molecular weight excluding hydrogens is 348 g/mol. The molecule has 27 heavy (non-hydrogen) atoms. The Kier molecular flexibility index (Phi) is 5.07. The molecule has 1 aromatic heterocycles. The molecule has 0 radical (unpaired) electrons. The summed E-state index contributed by atoms with van der Waals surface area (Å²) in [6, 6.07) is 15.9. The Balaban J connectivity index is 1.85. The monoisotopic (exact) mass is 364 g/mol. The number of aromatic nitrogens is 2. The topological polar surface area (TPSA) is 107 Å². The van der Waals surface area contributed by atoms with Crippen LogP contribution in [-0.4, -0.2) is 20.6 Å². The molecule has 2 aromatic carbocycles. The van der Waals surface area contributed by atoms with Crippen LogP contribution in [0.25, 0.3) is 0 Å². The Labute approximate surface area is 154 Å². The van der Waals surface area contributed by atoms with E-state index in [2.05, 4.69) is 10.4 Å². The molecule has 0 spiro atoms. The predicted molar refractivity (Wildman–Crippen MR) is 99.8 cm³/mol. The third kappa shape index (κ3) is 4.24. The van der Waals surface area contributed by atoms with Crippen molar-refractivity contribution in [3.05, 3.63) is 98.0 Å². The average molecular weight is 364 g/mol. The van der Waals surface area contributed by atoms with Gasteiger partial charge in [0.05, 0.1) is 11.5 Å². The van der Waals surface area contributed by atoms with Crippen molar-refractivity contribution in [3.63, 3.8) is 0 Å². The average Bonchev–Trinajstić information content (AvgIpc) is 2.65. The minimum absolute atomic E-state index is 0.0140. The summed E-state index contributed by atoms with van der Waals surface area (Å²) < 4.78 is 1.18. The number of amides is 1. The van der Waals surface area contributed by atoms with Gasteiger partial charge in [-0.05, 0) is 24.6 Å². The molecule has 0 aliphatic carbocycles. The van der Waals surface area contributed by atoms with Gasteiger partial charge in [-0.25, -0.2) is 4.68 Å². The molecule has 1 amide bonds. The van der Waals surface area contributed by atoms with Crippen LogP contribution < -0.4 is 10.9 Å². The van der Waals surface area contributed by atoms with E-state index < -0.39 is 10.8 Å². The lowest BCUT2D eigenvalue weighted by Gasteiger charge is -2.08. The minimum Gasteiger partial charge on any atom is -0.315 e. The van der Waals surface area contributed by atoms with Gasteiger partial charge in [-0.2, -0.15) is 5.10 Å². The lowest BCUT2D eigenvalue weighted by atomic mass is 10.1. The maximum Gasteiger partial charge on any atom is 0.292 e. The summed E-state index contributed by atoms with van der Waals surface area (Å²) in [4.78, 5) is 35.0. The van der Waals surface area contributed by atoms with Crippen LogP contribution >= 0.6 is 0 Å². The van der Waals surface area contributed by atoms with Gasteiger partial charge in [0.2, 0.25) is 0 Å². The number of hydrogen-bond acceptors (Lipinski definition) is 5. The molecular formula is C19H16N4O4. The normalized spacial score (nSPS) is 10.4. The van der Waals surface area contributed by atoms with Crippen molar-refractivity contribution in [3.8, 4) is 0 Å². The van der Waals surface area contributed by atoms with Crippen molar-refractivity contribution in [1.82, 2.24) is 9.78 Å². The van der Waals surface area contributed by atoms with E-state index in [0.29, 0.717) is 0 Å². The smallest absolute Gasteiger partial charge is 0.292 e. The van der Waals surface area contributed by atoms with Crippen molar-refractivity contribution >= 4 is 17.3 Å². The number of rotatable bonds is 5. The summed E-state index contributed by atoms with van der Waals surface area (Å²) in [7, 11) is 0. The zero-order valence-electron chi connectivity index (χ0n) is 14.5. The van der Waals surface area contributed by atoms with Gasteiger partial charge in [-0.15, -0.1) is 0 Å². The third-order valence-electron chi connectivity index (χ3n) is 3.90. The number of nitro groups is 1. The minimum atomic E-state index is -0.637. The number of nitrogens with one attached hydrogen (secondary N) is 1. The van der Waals surface area contributed by atoms with Crippen molar-refractivity contribution in [1.29, 1.82) is 0 Å². The number of hydrogen-bond donors (Lipinski definition) is 1. The molecule has 0 aliphatic heterocycles. The first kappa shape index (κ1) is 18.0. The van der Waals surface area contributed by atoms with E-state index in [-0.39, 0.29) is 29.2 Å². The Hall–Kier alpha value is -3.81. The fourth-order valence-electron chi connectivity index (χ4n) is 2.47. The molecule has 3 rings (SSSR count). The molecule has 3 aromatic rings. The molecule has 0 unspecified atom stereocenters. The molecule has 1 N–H and O–H groups in total. The highest BCUT2D eigenvalue weighted by Crippen LogP contribution is 2.23. The quantitative estimate of drug-likeness (QED) is 0.553. The zero-order chi connectivity index (χ0) is 19.4. The lowest BCUT2D eigenvalue weighted by Crippen LogP contribution is -2.26. The molecule has 0 saturated heterocycles. The summed E-state index contributed by atoms with van der Waals surface area (Å²) in [6.07, 6.45) is 0. The van der Waals surface area contributed by atoms with Crippen LogP contribution in [0, 0.1) is 17.0 Å². The molecule has 8 heteroatoms. The van der Waals surface area contributed by atoms with Crippen LogP contribution in [0.5, 0.6) is 0 Å². The summed E-state index contributed by atoms with van der Waals surface area (Å²) >= 11 is 0. The number of carbonyl (C=O) groups is 1. The number of benzene rings is 2. The largest absolute Gasteiger partial charge is 0.315 e. The van der Waals surface area contributed by atoms with Gasteiger partial charge < -0.3 is 5.32 Å². The Morgan fingerprint density at radius 3 is 2.52 bits per heavy atom. The van der Waals surface area contributed by atoms with Gasteiger partial charge in [-0.3, -0.25) is 19.7 Å². The van der Waals surface area contributed by atoms with E-state index >= 15 is 0 Å². The van der Waals surface area contributed by atoms with Crippen molar-refractivity contribution in [2.24, 2.45) is 0 Å². The molecule has 0 saturated carbocycles. The first-order valence-corrected chi connectivity index (χ1v) is 8.12. The van der Waals surface area contributed by atoms with E-state index in [4.69, 9.17) is 0 Å².